The number of anilines is 1. The second-order valence-electron chi connectivity index (χ2n) is 4.92. The number of hydrogen-bond donors (Lipinski definition) is 1. The summed E-state index contributed by atoms with van der Waals surface area (Å²) in [4.78, 5) is 1.25. The van der Waals surface area contributed by atoms with Gasteiger partial charge in [0.1, 0.15) is 0 Å². The molecule has 21 heavy (non-hydrogen) atoms. The molecule has 2 N–H and O–H groups in total. The largest absolute Gasteiger partial charge is 0.399 e. The monoisotopic (exact) mass is 291 g/mol. The summed E-state index contributed by atoms with van der Waals surface area (Å²) in [5, 5.41) is 0. The fourth-order valence-corrected chi connectivity index (χ4v) is 3.01. The molecule has 104 valence electrons. The van der Waals surface area contributed by atoms with Crippen LogP contribution in [0.25, 0.3) is 11.1 Å². The van der Waals surface area contributed by atoms with E-state index in [1.807, 2.05) is 30.0 Å². The van der Waals surface area contributed by atoms with Crippen LogP contribution < -0.4 is 5.73 Å². The average Bonchev–Trinajstić information content (AvgIpc) is 2.56. The Balaban J connectivity index is 1.66. The first kappa shape index (κ1) is 13.8. The first-order chi connectivity index (χ1) is 10.3. The molecule has 1 nitrogen and oxygen atoms in total. The Hall–Kier alpha value is -2.19. The molecule has 0 aliphatic rings. The van der Waals surface area contributed by atoms with Gasteiger partial charge in [0.15, 0.2) is 0 Å². The summed E-state index contributed by atoms with van der Waals surface area (Å²) >= 11 is 1.83. The Kier molecular flexibility index (Phi) is 4.27. The fourth-order valence-electron chi connectivity index (χ4n) is 2.15. The summed E-state index contributed by atoms with van der Waals surface area (Å²) in [6.45, 7) is 0. The molecule has 2 heteroatoms. The lowest BCUT2D eigenvalue weighted by molar-refractivity contribution is 1.38. The van der Waals surface area contributed by atoms with Gasteiger partial charge in [-0.3, -0.25) is 0 Å². The van der Waals surface area contributed by atoms with Crippen molar-refractivity contribution in [2.75, 3.05) is 5.73 Å². The van der Waals surface area contributed by atoms with E-state index in [0.29, 0.717) is 0 Å². The number of nitrogen functional groups attached to an aromatic ring is 1. The molecule has 0 atom stereocenters. The van der Waals surface area contributed by atoms with E-state index < -0.39 is 0 Å². The summed E-state index contributed by atoms with van der Waals surface area (Å²) in [5.41, 5.74) is 10.4. The van der Waals surface area contributed by atoms with E-state index in [-0.39, 0.29) is 0 Å². The minimum atomic E-state index is 0.812. The van der Waals surface area contributed by atoms with Gasteiger partial charge in [-0.2, -0.15) is 0 Å². The maximum atomic E-state index is 5.70. The van der Waals surface area contributed by atoms with Crippen molar-refractivity contribution in [1.82, 2.24) is 0 Å². The normalized spacial score (nSPS) is 10.5. The van der Waals surface area contributed by atoms with E-state index in [9.17, 15) is 0 Å². The molecule has 3 aromatic carbocycles. The van der Waals surface area contributed by atoms with Gasteiger partial charge in [-0.25, -0.2) is 0 Å². The van der Waals surface area contributed by atoms with Crippen LogP contribution in [0.5, 0.6) is 0 Å². The molecule has 0 amide bonds. The molecular formula is C19H17NS. The Labute approximate surface area is 129 Å². The molecule has 0 saturated heterocycles. The van der Waals surface area contributed by atoms with Crippen LogP contribution in [-0.2, 0) is 5.75 Å². The maximum Gasteiger partial charge on any atom is 0.0314 e. The number of thioether (sulfide) groups is 1. The van der Waals surface area contributed by atoms with Crippen LogP contribution in [-0.4, -0.2) is 0 Å². The first-order valence-corrected chi connectivity index (χ1v) is 7.92. The summed E-state index contributed by atoms with van der Waals surface area (Å²) in [6, 6.07) is 27.3. The lowest BCUT2D eigenvalue weighted by Gasteiger charge is -2.05. The minimum Gasteiger partial charge on any atom is -0.399 e. The molecule has 0 unspecified atom stereocenters. The van der Waals surface area contributed by atoms with Crippen LogP contribution in [0.3, 0.4) is 0 Å². The highest BCUT2D eigenvalue weighted by Gasteiger charge is 1.99. The van der Waals surface area contributed by atoms with E-state index in [2.05, 4.69) is 60.7 Å². The van der Waals surface area contributed by atoms with Crippen molar-refractivity contribution in [2.45, 2.75) is 10.6 Å². The van der Waals surface area contributed by atoms with Crippen molar-refractivity contribution >= 4 is 17.4 Å². The predicted molar refractivity (Wildman–Crippen MR) is 92.3 cm³/mol. The molecule has 3 rings (SSSR count). The highest BCUT2D eigenvalue weighted by molar-refractivity contribution is 7.98. The van der Waals surface area contributed by atoms with Gasteiger partial charge >= 0.3 is 0 Å². The van der Waals surface area contributed by atoms with E-state index in [1.54, 1.807) is 0 Å². The maximum absolute atomic E-state index is 5.70. The predicted octanol–water partition coefficient (Wildman–Crippen LogP) is 5.23. The van der Waals surface area contributed by atoms with Crippen molar-refractivity contribution in [1.29, 1.82) is 0 Å². The molecular weight excluding hydrogens is 274 g/mol. The number of benzene rings is 3. The fraction of sp³-hybridized carbons (Fsp3) is 0.0526. The topological polar surface area (TPSA) is 26.0 Å². The lowest BCUT2D eigenvalue weighted by atomic mass is 10.0. The second-order valence-corrected chi connectivity index (χ2v) is 5.97. The van der Waals surface area contributed by atoms with Gasteiger partial charge < -0.3 is 5.73 Å². The average molecular weight is 291 g/mol. The van der Waals surface area contributed by atoms with Crippen molar-refractivity contribution in [2.24, 2.45) is 0 Å². The summed E-state index contributed by atoms with van der Waals surface area (Å²) in [5.74, 6) is 0.971. The van der Waals surface area contributed by atoms with E-state index in [4.69, 9.17) is 5.73 Å². The van der Waals surface area contributed by atoms with Crippen LogP contribution >= 0.6 is 11.8 Å². The Morgan fingerprint density at radius 1 is 0.667 bits per heavy atom. The molecule has 0 aromatic heterocycles. The highest BCUT2D eigenvalue weighted by atomic mass is 32.2. The molecule has 3 aromatic rings. The van der Waals surface area contributed by atoms with E-state index in [1.165, 1.54) is 21.6 Å². The van der Waals surface area contributed by atoms with Crippen molar-refractivity contribution < 1.29 is 0 Å². The zero-order chi connectivity index (χ0) is 14.5. The molecule has 0 radical (unpaired) electrons. The number of rotatable bonds is 4. The minimum absolute atomic E-state index is 0.812. The summed E-state index contributed by atoms with van der Waals surface area (Å²) in [6.07, 6.45) is 0. The van der Waals surface area contributed by atoms with Crippen molar-refractivity contribution in [3.05, 3.63) is 84.4 Å². The molecule has 0 saturated carbocycles. The third kappa shape index (κ3) is 3.67. The Bertz CT molecular complexity index is 688. The standard InChI is InChI=1S/C19H17NS/c20-18-10-12-19(13-11-18)21-14-15-6-8-17(9-7-15)16-4-2-1-3-5-16/h1-13H,14,20H2. The van der Waals surface area contributed by atoms with Gasteiger partial charge in [0.2, 0.25) is 0 Å². The third-order valence-corrected chi connectivity index (χ3v) is 4.43. The van der Waals surface area contributed by atoms with E-state index >= 15 is 0 Å². The van der Waals surface area contributed by atoms with Crippen molar-refractivity contribution in [3.8, 4) is 11.1 Å². The van der Waals surface area contributed by atoms with Gasteiger partial charge in [-0.05, 0) is 41.0 Å². The highest BCUT2D eigenvalue weighted by Crippen LogP contribution is 2.25. The molecule has 0 aliphatic carbocycles. The zero-order valence-corrected chi connectivity index (χ0v) is 12.5. The van der Waals surface area contributed by atoms with Crippen LogP contribution in [0.2, 0.25) is 0 Å². The van der Waals surface area contributed by atoms with Crippen LogP contribution in [0.15, 0.2) is 83.8 Å². The molecule has 0 aliphatic heterocycles. The second kappa shape index (κ2) is 6.51. The SMILES string of the molecule is Nc1ccc(SCc2ccc(-c3ccccc3)cc2)cc1. The van der Waals surface area contributed by atoms with Crippen molar-refractivity contribution in [3.63, 3.8) is 0 Å². The van der Waals surface area contributed by atoms with Gasteiger partial charge in [-0.15, -0.1) is 11.8 Å². The molecule has 0 heterocycles. The van der Waals surface area contributed by atoms with E-state index in [0.717, 1.165) is 11.4 Å². The van der Waals surface area contributed by atoms with Crippen LogP contribution in [0.1, 0.15) is 5.56 Å². The summed E-state index contributed by atoms with van der Waals surface area (Å²) < 4.78 is 0. The lowest BCUT2D eigenvalue weighted by Crippen LogP contribution is -1.84. The molecule has 0 fully saturated rings. The molecule has 0 bridgehead atoms. The third-order valence-electron chi connectivity index (χ3n) is 3.35. The van der Waals surface area contributed by atoms with Gasteiger partial charge in [-0.1, -0.05) is 54.6 Å². The Morgan fingerprint density at radius 2 is 1.29 bits per heavy atom. The zero-order valence-electron chi connectivity index (χ0n) is 11.7. The first-order valence-electron chi connectivity index (χ1n) is 6.94. The quantitative estimate of drug-likeness (QED) is 0.526. The van der Waals surface area contributed by atoms with Gasteiger partial charge in [0.05, 0.1) is 0 Å². The van der Waals surface area contributed by atoms with Crippen LogP contribution in [0, 0.1) is 0 Å². The number of hydrogen-bond acceptors (Lipinski definition) is 2. The summed E-state index contributed by atoms with van der Waals surface area (Å²) in [7, 11) is 0. The van der Waals surface area contributed by atoms with Gasteiger partial charge in [0.25, 0.3) is 0 Å². The Morgan fingerprint density at radius 3 is 1.95 bits per heavy atom. The van der Waals surface area contributed by atoms with Crippen LogP contribution in [0.4, 0.5) is 5.69 Å². The molecule has 0 spiro atoms. The smallest absolute Gasteiger partial charge is 0.0314 e. The van der Waals surface area contributed by atoms with Gasteiger partial charge in [0, 0.05) is 16.3 Å². The number of nitrogens with two attached hydrogens (primary N) is 1.